The Labute approximate surface area is 220 Å². The summed E-state index contributed by atoms with van der Waals surface area (Å²) in [7, 11) is 0. The van der Waals surface area contributed by atoms with Crippen molar-refractivity contribution in [3.05, 3.63) is 94.4 Å². The summed E-state index contributed by atoms with van der Waals surface area (Å²) in [5.41, 5.74) is 10.2. The SMILES string of the molecule is Cc1ccnc(C)c1-n1nc2c(c1-c1cc(F)c(NC(N)=O)cc1F)CN(C(C)(C)c1ccccc1)CC2. The number of halogens is 2. The van der Waals surface area contributed by atoms with E-state index in [0.717, 1.165) is 52.4 Å². The molecular formula is C29H30F2N6O. The third-order valence-electron chi connectivity index (χ3n) is 7.40. The first-order valence-corrected chi connectivity index (χ1v) is 12.5. The number of nitrogens with one attached hydrogen (secondary N) is 1. The molecule has 0 spiro atoms. The van der Waals surface area contributed by atoms with E-state index in [2.05, 4.69) is 41.2 Å². The van der Waals surface area contributed by atoms with Gasteiger partial charge in [-0.15, -0.1) is 0 Å². The molecule has 0 fully saturated rings. The zero-order valence-corrected chi connectivity index (χ0v) is 21.8. The lowest BCUT2D eigenvalue weighted by atomic mass is 9.89. The highest BCUT2D eigenvalue weighted by molar-refractivity contribution is 5.88. The minimum absolute atomic E-state index is 0.0493. The normalized spacial score (nSPS) is 13.8. The number of benzene rings is 2. The van der Waals surface area contributed by atoms with Crippen LogP contribution >= 0.6 is 0 Å². The van der Waals surface area contributed by atoms with E-state index in [1.807, 2.05) is 38.1 Å². The van der Waals surface area contributed by atoms with Gasteiger partial charge in [-0.3, -0.25) is 9.88 Å². The van der Waals surface area contributed by atoms with Crippen LogP contribution in [0.2, 0.25) is 0 Å². The van der Waals surface area contributed by atoms with Crippen LogP contribution in [0.3, 0.4) is 0 Å². The van der Waals surface area contributed by atoms with Gasteiger partial charge >= 0.3 is 6.03 Å². The van der Waals surface area contributed by atoms with Gasteiger partial charge in [-0.05, 0) is 51.0 Å². The fraction of sp³-hybridized carbons (Fsp3) is 0.276. The molecule has 0 saturated heterocycles. The summed E-state index contributed by atoms with van der Waals surface area (Å²) in [6.45, 7) is 9.39. The Kier molecular flexibility index (Phi) is 6.48. The Morgan fingerprint density at radius 2 is 1.82 bits per heavy atom. The van der Waals surface area contributed by atoms with Crippen molar-refractivity contribution in [3.8, 4) is 16.9 Å². The molecular weight excluding hydrogens is 486 g/mol. The molecule has 0 unspecified atom stereocenters. The number of nitrogens with two attached hydrogens (primary N) is 1. The maximum atomic E-state index is 15.7. The van der Waals surface area contributed by atoms with E-state index in [0.29, 0.717) is 18.7 Å². The Balaban J connectivity index is 1.70. The van der Waals surface area contributed by atoms with E-state index in [-0.39, 0.29) is 16.8 Å². The molecule has 0 atom stereocenters. The van der Waals surface area contributed by atoms with Crippen LogP contribution in [0, 0.1) is 25.5 Å². The number of urea groups is 1. The third-order valence-corrected chi connectivity index (χ3v) is 7.40. The highest BCUT2D eigenvalue weighted by Gasteiger charge is 2.35. The predicted molar refractivity (Wildman–Crippen MR) is 143 cm³/mol. The second-order valence-corrected chi connectivity index (χ2v) is 10.1. The molecule has 7 nitrogen and oxygen atoms in total. The summed E-state index contributed by atoms with van der Waals surface area (Å²) in [6, 6.07) is 13.2. The molecule has 1 aliphatic heterocycles. The van der Waals surface area contributed by atoms with Crippen molar-refractivity contribution in [2.75, 3.05) is 11.9 Å². The lowest BCUT2D eigenvalue weighted by Gasteiger charge is -2.41. The van der Waals surface area contributed by atoms with Gasteiger partial charge in [-0.1, -0.05) is 30.3 Å². The van der Waals surface area contributed by atoms with Crippen molar-refractivity contribution >= 4 is 11.7 Å². The second-order valence-electron chi connectivity index (χ2n) is 10.1. The van der Waals surface area contributed by atoms with Crippen LogP contribution in [0.4, 0.5) is 19.3 Å². The first-order valence-electron chi connectivity index (χ1n) is 12.5. The number of carbonyl (C=O) groups excluding carboxylic acids is 1. The zero-order valence-electron chi connectivity index (χ0n) is 21.8. The van der Waals surface area contributed by atoms with Gasteiger partial charge in [-0.25, -0.2) is 18.3 Å². The van der Waals surface area contributed by atoms with Crippen LogP contribution < -0.4 is 11.1 Å². The lowest BCUT2D eigenvalue weighted by Crippen LogP contribution is -2.44. The molecule has 2 aromatic heterocycles. The Bertz CT molecular complexity index is 1510. The maximum Gasteiger partial charge on any atom is 0.316 e. The van der Waals surface area contributed by atoms with Crippen molar-refractivity contribution in [3.63, 3.8) is 0 Å². The molecule has 0 radical (unpaired) electrons. The summed E-state index contributed by atoms with van der Waals surface area (Å²) >= 11 is 0. The van der Waals surface area contributed by atoms with E-state index in [1.165, 1.54) is 0 Å². The van der Waals surface area contributed by atoms with Crippen LogP contribution in [0.5, 0.6) is 0 Å². The number of aromatic nitrogens is 3. The summed E-state index contributed by atoms with van der Waals surface area (Å²) in [5.74, 6) is -1.49. The van der Waals surface area contributed by atoms with Crippen molar-refractivity contribution in [1.82, 2.24) is 19.7 Å². The van der Waals surface area contributed by atoms with Crippen LogP contribution in [0.25, 0.3) is 16.9 Å². The Hall–Kier alpha value is -4.11. The van der Waals surface area contributed by atoms with E-state index >= 15 is 8.78 Å². The number of pyridine rings is 1. The number of fused-ring (bicyclic) bond motifs is 1. The molecule has 5 rings (SSSR count). The molecule has 0 aliphatic carbocycles. The van der Waals surface area contributed by atoms with Gasteiger partial charge in [0.25, 0.3) is 0 Å². The van der Waals surface area contributed by atoms with Crippen molar-refractivity contribution in [2.45, 2.75) is 46.2 Å². The molecule has 38 heavy (non-hydrogen) atoms. The average Bonchev–Trinajstić information content (AvgIpc) is 3.24. The van der Waals surface area contributed by atoms with Crippen LogP contribution in [-0.4, -0.2) is 32.2 Å². The molecule has 196 valence electrons. The van der Waals surface area contributed by atoms with Gasteiger partial charge in [-0.2, -0.15) is 5.10 Å². The van der Waals surface area contributed by atoms with Crippen LogP contribution in [0.1, 0.15) is 41.9 Å². The number of aryl methyl sites for hydroxylation is 2. The van der Waals surface area contributed by atoms with Crippen molar-refractivity contribution < 1.29 is 13.6 Å². The van der Waals surface area contributed by atoms with E-state index < -0.39 is 17.7 Å². The smallest absolute Gasteiger partial charge is 0.316 e. The number of rotatable bonds is 5. The lowest BCUT2D eigenvalue weighted by molar-refractivity contribution is 0.103. The van der Waals surface area contributed by atoms with Crippen molar-refractivity contribution in [2.24, 2.45) is 5.73 Å². The van der Waals surface area contributed by atoms with Gasteiger partial charge < -0.3 is 11.1 Å². The highest BCUT2D eigenvalue weighted by atomic mass is 19.1. The van der Waals surface area contributed by atoms with Crippen molar-refractivity contribution in [1.29, 1.82) is 0 Å². The number of carbonyl (C=O) groups is 1. The second kappa shape index (κ2) is 9.64. The number of hydrogen-bond donors (Lipinski definition) is 2. The molecule has 3 heterocycles. The molecule has 0 bridgehead atoms. The molecule has 2 aromatic carbocycles. The summed E-state index contributed by atoms with van der Waals surface area (Å²) in [5, 5.41) is 7.06. The molecule has 2 amide bonds. The fourth-order valence-corrected chi connectivity index (χ4v) is 5.28. The quantitative estimate of drug-likeness (QED) is 0.361. The average molecular weight is 517 g/mol. The third kappa shape index (κ3) is 4.43. The monoisotopic (exact) mass is 516 g/mol. The molecule has 1 aliphatic rings. The summed E-state index contributed by atoms with van der Waals surface area (Å²) in [6.07, 6.45) is 2.36. The first-order chi connectivity index (χ1) is 18.1. The highest BCUT2D eigenvalue weighted by Crippen LogP contribution is 2.40. The van der Waals surface area contributed by atoms with Gasteiger partial charge in [0.1, 0.15) is 11.6 Å². The van der Waals surface area contributed by atoms with E-state index in [1.54, 1.807) is 10.9 Å². The van der Waals surface area contributed by atoms with Gasteiger partial charge in [0.05, 0.1) is 28.5 Å². The summed E-state index contributed by atoms with van der Waals surface area (Å²) < 4.78 is 32.5. The van der Waals surface area contributed by atoms with Gasteiger partial charge in [0, 0.05) is 48.4 Å². The number of anilines is 1. The first kappa shape index (κ1) is 25.5. The molecule has 9 heteroatoms. The predicted octanol–water partition coefficient (Wildman–Crippen LogP) is 5.61. The number of amides is 2. The number of primary amides is 1. The van der Waals surface area contributed by atoms with E-state index in [4.69, 9.17) is 10.8 Å². The van der Waals surface area contributed by atoms with Gasteiger partial charge in [0.15, 0.2) is 0 Å². The largest absolute Gasteiger partial charge is 0.351 e. The minimum atomic E-state index is -0.973. The Morgan fingerprint density at radius 1 is 1.08 bits per heavy atom. The number of nitrogens with zero attached hydrogens (tertiary/aromatic N) is 4. The molecule has 4 aromatic rings. The molecule has 0 saturated carbocycles. The number of hydrogen-bond acceptors (Lipinski definition) is 4. The van der Waals surface area contributed by atoms with Crippen LogP contribution in [0.15, 0.2) is 54.7 Å². The van der Waals surface area contributed by atoms with E-state index in [9.17, 15) is 4.79 Å². The molecule has 3 N–H and O–H groups in total. The summed E-state index contributed by atoms with van der Waals surface area (Å²) in [4.78, 5) is 18.1. The Morgan fingerprint density at radius 3 is 2.50 bits per heavy atom. The van der Waals surface area contributed by atoms with Crippen LogP contribution in [-0.2, 0) is 18.5 Å². The fourth-order valence-electron chi connectivity index (χ4n) is 5.28. The maximum absolute atomic E-state index is 15.7. The minimum Gasteiger partial charge on any atom is -0.351 e. The standard InChI is InChI=1S/C29H30F2N6O/c1-17-10-12-33-18(2)26(17)37-27(20-14-23(31)25(15-22(20)30)34-28(32)38)21-16-36(13-11-24(21)35-37)29(3,4)19-8-6-5-7-9-19/h5-10,12,14-15H,11,13,16H2,1-4H3,(H3,32,34,38). The van der Waals surface area contributed by atoms with Gasteiger partial charge in [0.2, 0.25) is 0 Å². The zero-order chi connectivity index (χ0) is 27.2. The topological polar surface area (TPSA) is 89.1 Å².